The lowest BCUT2D eigenvalue weighted by atomic mass is 10.0. The first-order valence-corrected chi connectivity index (χ1v) is 5.32. The van der Waals surface area contributed by atoms with Crippen molar-refractivity contribution in [1.29, 1.82) is 0 Å². The molecule has 0 saturated carbocycles. The summed E-state index contributed by atoms with van der Waals surface area (Å²) in [5, 5.41) is 1.10. The van der Waals surface area contributed by atoms with Crippen molar-refractivity contribution in [1.82, 2.24) is 0 Å². The van der Waals surface area contributed by atoms with E-state index < -0.39 is 0 Å². The Hall–Kier alpha value is -0.0500. The number of halogens is 2. The fraction of sp³-hybridized carbons (Fsp3) is 0.400. The first kappa shape index (κ1) is 12.0. The molecule has 1 aromatic rings. The van der Waals surface area contributed by atoms with Crippen LogP contribution in [0.4, 0.5) is 0 Å². The van der Waals surface area contributed by atoms with E-state index in [1.54, 1.807) is 13.2 Å². The van der Waals surface area contributed by atoms with Crippen LogP contribution in [0.3, 0.4) is 0 Å². The Morgan fingerprint density at radius 3 is 2.29 bits per heavy atom. The molecular formula is C10H12Cl2OS. The summed E-state index contributed by atoms with van der Waals surface area (Å²) < 4.78 is 4.88. The van der Waals surface area contributed by atoms with Crippen LogP contribution in [0.25, 0.3) is 0 Å². The van der Waals surface area contributed by atoms with Gasteiger partial charge in [-0.1, -0.05) is 23.2 Å². The van der Waals surface area contributed by atoms with Gasteiger partial charge in [-0.05, 0) is 26.0 Å². The minimum absolute atomic E-state index is 0.333. The SMILES string of the molecule is COc1c(Cl)cc(Cl)cc1C(C)(C)S. The lowest BCUT2D eigenvalue weighted by molar-refractivity contribution is 0.406. The summed E-state index contributed by atoms with van der Waals surface area (Å²) in [4.78, 5) is 0. The smallest absolute Gasteiger partial charge is 0.142 e. The molecule has 0 fully saturated rings. The average molecular weight is 251 g/mol. The number of rotatable bonds is 2. The molecule has 1 aromatic carbocycles. The van der Waals surface area contributed by atoms with Crippen LogP contribution >= 0.6 is 35.8 Å². The Morgan fingerprint density at radius 2 is 1.86 bits per heavy atom. The molecule has 0 aliphatic carbocycles. The number of benzene rings is 1. The molecule has 1 rings (SSSR count). The summed E-state index contributed by atoms with van der Waals surface area (Å²) in [7, 11) is 1.58. The first-order valence-electron chi connectivity index (χ1n) is 4.12. The van der Waals surface area contributed by atoms with Gasteiger partial charge in [-0.3, -0.25) is 0 Å². The summed E-state index contributed by atoms with van der Waals surface area (Å²) in [6.45, 7) is 3.92. The fourth-order valence-electron chi connectivity index (χ4n) is 1.22. The zero-order valence-corrected chi connectivity index (χ0v) is 10.7. The number of ether oxygens (including phenoxy) is 1. The Kier molecular flexibility index (Phi) is 3.62. The van der Waals surface area contributed by atoms with E-state index in [1.807, 2.05) is 19.9 Å². The van der Waals surface area contributed by atoms with Gasteiger partial charge in [0.15, 0.2) is 0 Å². The maximum Gasteiger partial charge on any atom is 0.142 e. The second kappa shape index (κ2) is 4.21. The molecule has 0 atom stereocenters. The van der Waals surface area contributed by atoms with Gasteiger partial charge in [-0.15, -0.1) is 0 Å². The van der Waals surface area contributed by atoms with Gasteiger partial charge < -0.3 is 4.74 Å². The van der Waals surface area contributed by atoms with E-state index in [4.69, 9.17) is 27.9 Å². The van der Waals surface area contributed by atoms with Crippen LogP contribution in [0.5, 0.6) is 5.75 Å². The molecule has 0 radical (unpaired) electrons. The van der Waals surface area contributed by atoms with Crippen LogP contribution in [0.1, 0.15) is 19.4 Å². The minimum atomic E-state index is -0.333. The third-order valence-corrected chi connectivity index (χ3v) is 2.61. The predicted molar refractivity (Wildman–Crippen MR) is 65.0 cm³/mol. The lowest BCUT2D eigenvalue weighted by Gasteiger charge is -2.22. The highest BCUT2D eigenvalue weighted by atomic mass is 35.5. The van der Waals surface area contributed by atoms with Gasteiger partial charge in [0.1, 0.15) is 5.75 Å². The van der Waals surface area contributed by atoms with E-state index >= 15 is 0 Å². The molecule has 0 heterocycles. The predicted octanol–water partition coefficient (Wildman–Crippen LogP) is 4.17. The molecule has 0 bridgehead atoms. The summed E-state index contributed by atoms with van der Waals surface area (Å²) in [5.74, 6) is 0.635. The van der Waals surface area contributed by atoms with Crippen molar-refractivity contribution in [3.63, 3.8) is 0 Å². The number of methoxy groups -OCH3 is 1. The van der Waals surface area contributed by atoms with Gasteiger partial charge in [0.25, 0.3) is 0 Å². The molecular weight excluding hydrogens is 239 g/mol. The van der Waals surface area contributed by atoms with Crippen LogP contribution in [-0.4, -0.2) is 7.11 Å². The van der Waals surface area contributed by atoms with Crippen molar-refractivity contribution in [2.75, 3.05) is 7.11 Å². The molecule has 0 saturated heterocycles. The van der Waals surface area contributed by atoms with Crippen LogP contribution < -0.4 is 4.74 Å². The number of thiol groups is 1. The summed E-state index contributed by atoms with van der Waals surface area (Å²) in [6.07, 6.45) is 0. The molecule has 14 heavy (non-hydrogen) atoms. The summed E-state index contributed by atoms with van der Waals surface area (Å²) in [6, 6.07) is 3.48. The first-order chi connectivity index (χ1) is 6.36. The standard InChI is InChI=1S/C10H12Cl2OS/c1-10(2,14)7-4-6(11)5-8(12)9(7)13-3/h4-5,14H,1-3H3. The Bertz CT molecular complexity index is 345. The van der Waals surface area contributed by atoms with Gasteiger partial charge in [0.05, 0.1) is 12.1 Å². The van der Waals surface area contributed by atoms with Crippen LogP contribution in [0.2, 0.25) is 10.0 Å². The van der Waals surface area contributed by atoms with Crippen molar-refractivity contribution in [3.05, 3.63) is 27.7 Å². The van der Waals surface area contributed by atoms with E-state index in [0.717, 1.165) is 5.56 Å². The highest BCUT2D eigenvalue weighted by Gasteiger charge is 2.22. The largest absolute Gasteiger partial charge is 0.495 e. The molecule has 78 valence electrons. The molecule has 1 nitrogen and oxygen atoms in total. The summed E-state index contributed by atoms with van der Waals surface area (Å²) >= 11 is 16.4. The van der Waals surface area contributed by atoms with Crippen molar-refractivity contribution >= 4 is 35.8 Å². The zero-order valence-electron chi connectivity index (χ0n) is 8.27. The number of hydrogen-bond acceptors (Lipinski definition) is 2. The molecule has 0 spiro atoms. The second-order valence-corrected chi connectivity index (χ2v) is 5.49. The highest BCUT2D eigenvalue weighted by molar-refractivity contribution is 7.81. The second-order valence-electron chi connectivity index (χ2n) is 3.53. The van der Waals surface area contributed by atoms with E-state index in [1.165, 1.54) is 0 Å². The van der Waals surface area contributed by atoms with E-state index in [-0.39, 0.29) is 4.75 Å². The van der Waals surface area contributed by atoms with Gasteiger partial charge in [-0.25, -0.2) is 0 Å². The van der Waals surface area contributed by atoms with Gasteiger partial charge in [0, 0.05) is 15.3 Å². The normalized spacial score (nSPS) is 11.6. The quantitative estimate of drug-likeness (QED) is 0.776. The maximum atomic E-state index is 6.00. The van der Waals surface area contributed by atoms with E-state index in [9.17, 15) is 0 Å². The van der Waals surface area contributed by atoms with Crippen molar-refractivity contribution in [3.8, 4) is 5.75 Å². The maximum absolute atomic E-state index is 6.00. The topological polar surface area (TPSA) is 9.23 Å². The molecule has 0 unspecified atom stereocenters. The third kappa shape index (κ3) is 2.50. The minimum Gasteiger partial charge on any atom is -0.495 e. The van der Waals surface area contributed by atoms with Crippen LogP contribution in [0.15, 0.2) is 12.1 Å². The van der Waals surface area contributed by atoms with Crippen LogP contribution in [-0.2, 0) is 4.75 Å². The van der Waals surface area contributed by atoms with E-state index in [0.29, 0.717) is 15.8 Å². The molecule has 0 aliphatic rings. The average Bonchev–Trinajstić information content (AvgIpc) is 2.01. The van der Waals surface area contributed by atoms with Gasteiger partial charge in [0.2, 0.25) is 0 Å². The highest BCUT2D eigenvalue weighted by Crippen LogP contribution is 2.40. The lowest BCUT2D eigenvalue weighted by Crippen LogP contribution is -2.10. The third-order valence-electron chi connectivity index (χ3n) is 1.87. The van der Waals surface area contributed by atoms with Gasteiger partial charge in [-0.2, -0.15) is 12.6 Å². The van der Waals surface area contributed by atoms with Gasteiger partial charge >= 0.3 is 0 Å². The van der Waals surface area contributed by atoms with Crippen LogP contribution in [0, 0.1) is 0 Å². The van der Waals surface area contributed by atoms with Crippen molar-refractivity contribution in [2.45, 2.75) is 18.6 Å². The monoisotopic (exact) mass is 250 g/mol. The Balaban J connectivity index is 3.40. The van der Waals surface area contributed by atoms with Crippen molar-refractivity contribution in [2.24, 2.45) is 0 Å². The zero-order chi connectivity index (χ0) is 10.9. The van der Waals surface area contributed by atoms with E-state index in [2.05, 4.69) is 12.6 Å². The Morgan fingerprint density at radius 1 is 1.29 bits per heavy atom. The number of hydrogen-bond donors (Lipinski definition) is 1. The molecule has 0 aliphatic heterocycles. The molecule has 0 N–H and O–H groups in total. The van der Waals surface area contributed by atoms with Crippen molar-refractivity contribution < 1.29 is 4.74 Å². The molecule has 4 heteroatoms. The molecule has 0 amide bonds. The fourth-order valence-corrected chi connectivity index (χ4v) is 1.96. The molecule has 0 aromatic heterocycles. The summed E-state index contributed by atoms with van der Waals surface area (Å²) in [5.41, 5.74) is 0.890. The Labute approximate surface area is 99.8 Å².